The summed E-state index contributed by atoms with van der Waals surface area (Å²) in [7, 11) is 0. The number of hydrogen-bond acceptors (Lipinski definition) is 0. The number of hydrogen-bond donors (Lipinski definition) is 0. The second kappa shape index (κ2) is 3.66. The fourth-order valence-electron chi connectivity index (χ4n) is 2.07. The molecule has 0 atom stereocenters. The van der Waals surface area contributed by atoms with Crippen LogP contribution in [0.4, 0.5) is 0 Å². The van der Waals surface area contributed by atoms with Crippen molar-refractivity contribution >= 4 is 11.6 Å². The summed E-state index contributed by atoms with van der Waals surface area (Å²) in [5.74, 6) is 0. The first-order valence-electron chi connectivity index (χ1n) is 4.55. The number of halogens is 1. The van der Waals surface area contributed by atoms with Gasteiger partial charge in [-0.2, -0.15) is 0 Å². The normalized spacial score (nSPS) is 23.7. The van der Waals surface area contributed by atoms with Gasteiger partial charge in [0.05, 0.1) is 0 Å². The summed E-state index contributed by atoms with van der Waals surface area (Å²) in [5.41, 5.74) is 4.89. The summed E-state index contributed by atoms with van der Waals surface area (Å²) in [6.07, 6.45) is 5.88. The topological polar surface area (TPSA) is 0 Å². The molecule has 0 spiro atoms. The van der Waals surface area contributed by atoms with Gasteiger partial charge >= 0.3 is 0 Å². The Morgan fingerprint density at radius 3 is 2.58 bits per heavy atom. The third-order valence-electron chi connectivity index (χ3n) is 2.77. The Bertz CT molecular complexity index is 221. The van der Waals surface area contributed by atoms with E-state index in [1.165, 1.54) is 30.4 Å². The highest BCUT2D eigenvalue weighted by Crippen LogP contribution is 2.40. The quantitative estimate of drug-likeness (QED) is 0.571. The van der Waals surface area contributed by atoms with Crippen LogP contribution >= 0.6 is 11.6 Å². The lowest BCUT2D eigenvalue weighted by molar-refractivity contribution is 0.377. The molecule has 0 amide bonds. The molecular formula is C11H17Cl. The molecule has 0 saturated carbocycles. The monoisotopic (exact) mass is 184 g/mol. The molecule has 0 aromatic rings. The average molecular weight is 185 g/mol. The maximum absolute atomic E-state index is 5.61. The smallest absolute Gasteiger partial charge is 0.00453 e. The molecule has 0 aromatic carbocycles. The molecule has 1 rings (SSSR count). The summed E-state index contributed by atoms with van der Waals surface area (Å²) in [6, 6.07) is 0. The van der Waals surface area contributed by atoms with Crippen molar-refractivity contribution in [3.8, 4) is 0 Å². The zero-order valence-corrected chi connectivity index (χ0v) is 8.91. The minimum Gasteiger partial charge on any atom is -0.0929 e. The van der Waals surface area contributed by atoms with E-state index in [-0.39, 0.29) is 0 Å². The van der Waals surface area contributed by atoms with Crippen molar-refractivity contribution in [1.29, 1.82) is 0 Å². The van der Waals surface area contributed by atoms with Crippen molar-refractivity contribution in [2.45, 2.75) is 40.0 Å². The van der Waals surface area contributed by atoms with Crippen molar-refractivity contribution in [3.05, 3.63) is 22.8 Å². The first kappa shape index (κ1) is 9.85. The molecule has 0 aliphatic heterocycles. The summed E-state index contributed by atoms with van der Waals surface area (Å²) >= 11 is 5.61. The predicted octanol–water partition coefficient (Wildman–Crippen LogP) is 4.27. The molecule has 0 nitrogen and oxygen atoms in total. The highest BCUT2D eigenvalue weighted by atomic mass is 35.5. The molecule has 0 N–H and O–H groups in total. The third kappa shape index (κ3) is 1.92. The minimum atomic E-state index is 0.327. The van der Waals surface area contributed by atoms with Gasteiger partial charge in [0.1, 0.15) is 0 Å². The molecule has 0 fully saturated rings. The van der Waals surface area contributed by atoms with Crippen LogP contribution in [-0.4, -0.2) is 0 Å². The van der Waals surface area contributed by atoms with E-state index in [1.54, 1.807) is 5.54 Å². The molecule has 12 heavy (non-hydrogen) atoms. The van der Waals surface area contributed by atoms with Gasteiger partial charge in [0.15, 0.2) is 0 Å². The van der Waals surface area contributed by atoms with Gasteiger partial charge in [0.2, 0.25) is 0 Å². The summed E-state index contributed by atoms with van der Waals surface area (Å²) in [5, 5.41) is 0. The Morgan fingerprint density at radius 1 is 1.42 bits per heavy atom. The average Bonchev–Trinajstić information content (AvgIpc) is 1.97. The third-order valence-corrected chi connectivity index (χ3v) is 2.90. The molecule has 0 saturated heterocycles. The zero-order valence-electron chi connectivity index (χ0n) is 8.15. The van der Waals surface area contributed by atoms with Crippen LogP contribution in [0.15, 0.2) is 22.8 Å². The van der Waals surface area contributed by atoms with Gasteiger partial charge < -0.3 is 0 Å². The van der Waals surface area contributed by atoms with Gasteiger partial charge in [-0.15, -0.1) is 0 Å². The Kier molecular flexibility index (Phi) is 3.00. The molecule has 1 heteroatoms. The maximum Gasteiger partial charge on any atom is 0.00453 e. The van der Waals surface area contributed by atoms with Crippen LogP contribution in [-0.2, 0) is 0 Å². The van der Waals surface area contributed by atoms with Gasteiger partial charge in [-0.05, 0) is 43.3 Å². The summed E-state index contributed by atoms with van der Waals surface area (Å²) in [4.78, 5) is 0. The van der Waals surface area contributed by atoms with E-state index in [4.69, 9.17) is 11.6 Å². The van der Waals surface area contributed by atoms with Crippen LogP contribution < -0.4 is 0 Å². The molecular weight excluding hydrogens is 168 g/mol. The van der Waals surface area contributed by atoms with E-state index in [9.17, 15) is 0 Å². The maximum atomic E-state index is 5.61. The Morgan fingerprint density at radius 2 is 2.08 bits per heavy atom. The lowest BCUT2D eigenvalue weighted by Crippen LogP contribution is -2.18. The molecule has 68 valence electrons. The SMILES string of the molecule is CC1=C(C=CCl)C(C)(C)CCC1. The predicted molar refractivity (Wildman–Crippen MR) is 55.3 cm³/mol. The van der Waals surface area contributed by atoms with Crippen molar-refractivity contribution in [1.82, 2.24) is 0 Å². The van der Waals surface area contributed by atoms with Crippen LogP contribution in [0, 0.1) is 5.41 Å². The van der Waals surface area contributed by atoms with Crippen molar-refractivity contribution in [2.75, 3.05) is 0 Å². The van der Waals surface area contributed by atoms with Crippen LogP contribution in [0.1, 0.15) is 40.0 Å². The highest BCUT2D eigenvalue weighted by Gasteiger charge is 2.26. The van der Waals surface area contributed by atoms with E-state index in [1.807, 2.05) is 0 Å². The molecule has 0 bridgehead atoms. The fourth-order valence-corrected chi connectivity index (χ4v) is 2.20. The number of allylic oxidation sites excluding steroid dienone is 3. The first-order chi connectivity index (χ1) is 5.58. The lowest BCUT2D eigenvalue weighted by Gasteiger charge is -2.32. The summed E-state index contributed by atoms with van der Waals surface area (Å²) < 4.78 is 0. The van der Waals surface area contributed by atoms with Crippen molar-refractivity contribution in [3.63, 3.8) is 0 Å². The van der Waals surface area contributed by atoms with Crippen LogP contribution in [0.5, 0.6) is 0 Å². The van der Waals surface area contributed by atoms with Crippen LogP contribution in [0.25, 0.3) is 0 Å². The molecule has 0 unspecified atom stereocenters. The fraction of sp³-hybridized carbons (Fsp3) is 0.636. The Hall–Kier alpha value is -0.230. The summed E-state index contributed by atoms with van der Waals surface area (Å²) in [6.45, 7) is 6.80. The minimum absolute atomic E-state index is 0.327. The molecule has 0 aromatic heterocycles. The van der Waals surface area contributed by atoms with Gasteiger partial charge in [-0.1, -0.05) is 31.0 Å². The van der Waals surface area contributed by atoms with Gasteiger partial charge in [0, 0.05) is 5.54 Å². The Balaban J connectivity index is 3.00. The van der Waals surface area contributed by atoms with Crippen LogP contribution in [0.3, 0.4) is 0 Å². The van der Waals surface area contributed by atoms with E-state index < -0.39 is 0 Å². The van der Waals surface area contributed by atoms with Crippen molar-refractivity contribution < 1.29 is 0 Å². The second-order valence-corrected chi connectivity index (χ2v) is 4.48. The van der Waals surface area contributed by atoms with Gasteiger partial charge in [-0.3, -0.25) is 0 Å². The van der Waals surface area contributed by atoms with E-state index in [0.717, 1.165) is 0 Å². The molecule has 0 radical (unpaired) electrons. The van der Waals surface area contributed by atoms with Crippen LogP contribution in [0.2, 0.25) is 0 Å². The van der Waals surface area contributed by atoms with E-state index in [0.29, 0.717) is 5.41 Å². The first-order valence-corrected chi connectivity index (χ1v) is 4.98. The largest absolute Gasteiger partial charge is 0.0929 e. The number of rotatable bonds is 1. The Labute approximate surface area is 80.3 Å². The molecule has 1 aliphatic rings. The van der Waals surface area contributed by atoms with Crippen molar-refractivity contribution in [2.24, 2.45) is 5.41 Å². The van der Waals surface area contributed by atoms with E-state index >= 15 is 0 Å². The van der Waals surface area contributed by atoms with E-state index in [2.05, 4.69) is 26.8 Å². The standard InChI is InChI=1S/C11H17Cl/c1-9-5-4-7-11(2,3)10(9)6-8-12/h6,8H,4-5,7H2,1-3H3. The van der Waals surface area contributed by atoms with Gasteiger partial charge in [0.25, 0.3) is 0 Å². The highest BCUT2D eigenvalue weighted by molar-refractivity contribution is 6.25. The second-order valence-electron chi connectivity index (χ2n) is 4.22. The lowest BCUT2D eigenvalue weighted by atomic mass is 9.73. The molecule has 1 aliphatic carbocycles. The van der Waals surface area contributed by atoms with Gasteiger partial charge in [-0.25, -0.2) is 0 Å². The zero-order chi connectivity index (χ0) is 9.19. The molecule has 0 heterocycles.